The molecule has 1 N–H and O–H groups in total. The third-order valence-electron chi connectivity index (χ3n) is 5.68. The number of benzene rings is 1. The zero-order chi connectivity index (χ0) is 25.1. The summed E-state index contributed by atoms with van der Waals surface area (Å²) in [5, 5.41) is 14.9. The van der Waals surface area contributed by atoms with Gasteiger partial charge in [0.25, 0.3) is 0 Å². The summed E-state index contributed by atoms with van der Waals surface area (Å²) >= 11 is 4.38. The molecule has 10 heteroatoms. The summed E-state index contributed by atoms with van der Waals surface area (Å²) in [4.78, 5) is 27.7. The van der Waals surface area contributed by atoms with Crippen LogP contribution in [0, 0.1) is 20.8 Å². The van der Waals surface area contributed by atoms with E-state index in [0.717, 1.165) is 27.4 Å². The van der Waals surface area contributed by atoms with Crippen LogP contribution in [-0.2, 0) is 16.1 Å². The second-order valence-electron chi connectivity index (χ2n) is 7.81. The lowest BCUT2D eigenvalue weighted by molar-refractivity contribution is -0.113. The number of hydrogen-bond acceptors (Lipinski definition) is 8. The largest absolute Gasteiger partial charge is 0.465 e. The fourth-order valence-corrected chi connectivity index (χ4v) is 6.54. The first-order chi connectivity index (χ1) is 16.8. The maximum atomic E-state index is 12.9. The maximum absolute atomic E-state index is 12.9. The Bertz CT molecular complexity index is 1370. The van der Waals surface area contributed by atoms with Gasteiger partial charge in [0, 0.05) is 32.8 Å². The van der Waals surface area contributed by atoms with Crippen molar-refractivity contribution >= 4 is 51.3 Å². The molecule has 4 aromatic rings. The predicted molar refractivity (Wildman–Crippen MR) is 144 cm³/mol. The number of esters is 1. The van der Waals surface area contributed by atoms with Crippen LogP contribution in [0.1, 0.15) is 32.6 Å². The fourth-order valence-electron chi connectivity index (χ4n) is 3.79. The van der Waals surface area contributed by atoms with Gasteiger partial charge in [0.1, 0.15) is 10.6 Å². The molecule has 7 nitrogen and oxygen atoms in total. The first-order valence-corrected chi connectivity index (χ1v) is 13.7. The second-order valence-corrected chi connectivity index (χ2v) is 11.1. The Hall–Kier alpha value is -2.95. The number of nitrogens with one attached hydrogen (secondary N) is 1. The molecule has 0 bridgehead atoms. The van der Waals surface area contributed by atoms with Gasteiger partial charge >= 0.3 is 5.97 Å². The Morgan fingerprint density at radius 3 is 2.49 bits per heavy atom. The van der Waals surface area contributed by atoms with Crippen LogP contribution in [0.15, 0.2) is 40.9 Å². The minimum absolute atomic E-state index is 0.137. The van der Waals surface area contributed by atoms with E-state index in [0.29, 0.717) is 22.3 Å². The molecular weight excluding hydrogens is 501 g/mol. The second kappa shape index (κ2) is 10.8. The molecule has 0 aliphatic carbocycles. The van der Waals surface area contributed by atoms with E-state index in [1.807, 2.05) is 48.7 Å². The van der Waals surface area contributed by atoms with Gasteiger partial charge < -0.3 is 14.6 Å². The smallest absolute Gasteiger partial charge is 0.341 e. The lowest BCUT2D eigenvalue weighted by Gasteiger charge is -2.09. The quantitative estimate of drug-likeness (QED) is 0.217. The number of methoxy groups -OCH3 is 1. The van der Waals surface area contributed by atoms with Crippen molar-refractivity contribution in [1.29, 1.82) is 0 Å². The zero-order valence-corrected chi connectivity index (χ0v) is 22.6. The maximum Gasteiger partial charge on any atom is 0.341 e. The third kappa shape index (κ3) is 5.05. The molecule has 1 amide bonds. The highest BCUT2D eigenvalue weighted by atomic mass is 32.2. The molecule has 0 aliphatic heterocycles. The van der Waals surface area contributed by atoms with Crippen molar-refractivity contribution < 1.29 is 14.3 Å². The number of thioether (sulfide) groups is 1. The van der Waals surface area contributed by atoms with Crippen LogP contribution in [0.25, 0.3) is 22.5 Å². The summed E-state index contributed by atoms with van der Waals surface area (Å²) in [6.45, 7) is 8.84. The van der Waals surface area contributed by atoms with E-state index in [4.69, 9.17) is 4.74 Å². The Kier molecular flexibility index (Phi) is 7.73. The van der Waals surface area contributed by atoms with Crippen molar-refractivity contribution in [2.24, 2.45) is 0 Å². The number of anilines is 1. The summed E-state index contributed by atoms with van der Waals surface area (Å²) in [5.41, 5.74) is 4.33. The molecule has 0 aliphatic rings. The van der Waals surface area contributed by atoms with Crippen molar-refractivity contribution in [3.05, 3.63) is 56.6 Å². The van der Waals surface area contributed by atoms with E-state index in [-0.39, 0.29) is 11.7 Å². The topological polar surface area (TPSA) is 86.1 Å². The molecular formula is C25H26N4O3S3. The van der Waals surface area contributed by atoms with Gasteiger partial charge in [-0.3, -0.25) is 4.79 Å². The Labute approximate surface area is 216 Å². The molecule has 0 unspecified atom stereocenters. The van der Waals surface area contributed by atoms with E-state index >= 15 is 0 Å². The van der Waals surface area contributed by atoms with Gasteiger partial charge in [-0.2, -0.15) is 0 Å². The van der Waals surface area contributed by atoms with Crippen molar-refractivity contribution in [2.75, 3.05) is 18.2 Å². The SMILES string of the molecule is CCn1c(SCC(=O)Nc2sc(C)c(-c3ccccc3)c2C(=O)OC)nnc1-c1csc(C)c1C. The molecule has 3 heterocycles. The number of carbonyl (C=O) groups is 2. The van der Waals surface area contributed by atoms with E-state index < -0.39 is 5.97 Å². The Balaban J connectivity index is 1.54. The first kappa shape index (κ1) is 25.2. The first-order valence-electron chi connectivity index (χ1n) is 11.0. The number of amides is 1. The normalized spacial score (nSPS) is 11.0. The highest BCUT2D eigenvalue weighted by molar-refractivity contribution is 7.99. The summed E-state index contributed by atoms with van der Waals surface area (Å²) < 4.78 is 7.06. The van der Waals surface area contributed by atoms with Crippen molar-refractivity contribution in [1.82, 2.24) is 14.8 Å². The molecule has 35 heavy (non-hydrogen) atoms. The average Bonchev–Trinajstić information content (AvgIpc) is 3.52. The minimum atomic E-state index is -0.479. The van der Waals surface area contributed by atoms with Crippen molar-refractivity contribution in [2.45, 2.75) is 39.4 Å². The number of aryl methyl sites for hydroxylation is 2. The highest BCUT2D eigenvalue weighted by Crippen LogP contribution is 2.40. The molecule has 0 fully saturated rings. The molecule has 3 aromatic heterocycles. The van der Waals surface area contributed by atoms with E-state index in [1.165, 1.54) is 40.6 Å². The van der Waals surface area contributed by atoms with Crippen molar-refractivity contribution in [3.8, 4) is 22.5 Å². The zero-order valence-electron chi connectivity index (χ0n) is 20.2. The third-order valence-corrected chi connectivity index (χ3v) is 8.68. The number of nitrogens with zero attached hydrogens (tertiary/aromatic N) is 3. The number of carbonyl (C=O) groups excluding carboxylic acids is 2. The summed E-state index contributed by atoms with van der Waals surface area (Å²) in [6, 6.07) is 9.63. The average molecular weight is 527 g/mol. The van der Waals surface area contributed by atoms with Crippen LogP contribution in [0.2, 0.25) is 0 Å². The molecule has 0 saturated heterocycles. The van der Waals surface area contributed by atoms with Gasteiger partial charge in [0.05, 0.1) is 12.9 Å². The standard InChI is InChI=1S/C25H26N4O3S3/c1-6-29-22(18-12-33-15(3)14(18)2)27-28-25(29)34-13-19(30)26-23-21(24(31)32-5)20(16(4)35-23)17-10-8-7-9-11-17/h7-12H,6,13H2,1-5H3,(H,26,30). The number of aromatic nitrogens is 3. The van der Waals surface area contributed by atoms with Crippen LogP contribution >= 0.6 is 34.4 Å². The highest BCUT2D eigenvalue weighted by Gasteiger charge is 2.25. The van der Waals surface area contributed by atoms with Gasteiger partial charge in [-0.1, -0.05) is 42.1 Å². The summed E-state index contributed by atoms with van der Waals surface area (Å²) in [7, 11) is 1.34. The van der Waals surface area contributed by atoms with E-state index in [1.54, 1.807) is 11.3 Å². The summed E-state index contributed by atoms with van der Waals surface area (Å²) in [6.07, 6.45) is 0. The van der Waals surface area contributed by atoms with Gasteiger partial charge in [-0.05, 0) is 38.8 Å². The van der Waals surface area contributed by atoms with Gasteiger partial charge in [0.15, 0.2) is 11.0 Å². The van der Waals surface area contributed by atoms with Gasteiger partial charge in [-0.25, -0.2) is 4.79 Å². The molecule has 0 radical (unpaired) electrons. The molecule has 0 spiro atoms. The molecule has 0 atom stereocenters. The van der Waals surface area contributed by atoms with Gasteiger partial charge in [-0.15, -0.1) is 32.9 Å². The predicted octanol–water partition coefficient (Wildman–Crippen LogP) is 6.20. The van der Waals surface area contributed by atoms with Crippen LogP contribution in [-0.4, -0.2) is 39.5 Å². The molecule has 1 aromatic carbocycles. The number of thiophene rings is 2. The Morgan fingerprint density at radius 2 is 1.86 bits per heavy atom. The molecule has 4 rings (SSSR count). The number of hydrogen-bond donors (Lipinski definition) is 1. The van der Waals surface area contributed by atoms with Crippen LogP contribution in [0.4, 0.5) is 5.00 Å². The number of ether oxygens (including phenoxy) is 1. The van der Waals surface area contributed by atoms with Crippen molar-refractivity contribution in [3.63, 3.8) is 0 Å². The fraction of sp³-hybridized carbons (Fsp3) is 0.280. The van der Waals surface area contributed by atoms with E-state index in [2.05, 4.69) is 34.7 Å². The van der Waals surface area contributed by atoms with Crippen LogP contribution in [0.3, 0.4) is 0 Å². The monoisotopic (exact) mass is 526 g/mol. The number of rotatable bonds is 8. The Morgan fingerprint density at radius 1 is 1.11 bits per heavy atom. The van der Waals surface area contributed by atoms with Crippen LogP contribution in [0.5, 0.6) is 0 Å². The lowest BCUT2D eigenvalue weighted by Crippen LogP contribution is -2.16. The molecule has 0 saturated carbocycles. The minimum Gasteiger partial charge on any atom is -0.465 e. The van der Waals surface area contributed by atoms with Gasteiger partial charge in [0.2, 0.25) is 5.91 Å². The lowest BCUT2D eigenvalue weighted by atomic mass is 10.0. The van der Waals surface area contributed by atoms with Crippen LogP contribution < -0.4 is 5.32 Å². The molecule has 182 valence electrons. The van der Waals surface area contributed by atoms with E-state index in [9.17, 15) is 9.59 Å². The summed E-state index contributed by atoms with van der Waals surface area (Å²) in [5.74, 6) is 0.244.